The molecule has 0 unspecified atom stereocenters. The summed E-state index contributed by atoms with van der Waals surface area (Å²) in [6, 6.07) is 7.07. The van der Waals surface area contributed by atoms with Crippen molar-refractivity contribution in [1.29, 1.82) is 0 Å². The summed E-state index contributed by atoms with van der Waals surface area (Å²) in [5.41, 5.74) is 1.89. The third-order valence-corrected chi connectivity index (χ3v) is 13.5. The topological polar surface area (TPSA) is 46.6 Å². The minimum absolute atomic E-state index is 0.115. The average molecular weight is 448 g/mol. The van der Waals surface area contributed by atoms with Crippen molar-refractivity contribution in [3.8, 4) is 0 Å². The first-order chi connectivity index (χ1) is 13.8. The normalized spacial score (nSPS) is 24.4. The van der Waals surface area contributed by atoms with Crippen LogP contribution in [0.3, 0.4) is 0 Å². The molecule has 0 aromatic heterocycles. The average Bonchev–Trinajstić information content (AvgIpc) is 2.94. The van der Waals surface area contributed by atoms with Crippen molar-refractivity contribution in [1.82, 2.24) is 4.31 Å². The second-order valence-corrected chi connectivity index (χ2v) is 17.0. The molecular weight excluding hydrogens is 410 g/mol. The van der Waals surface area contributed by atoms with E-state index in [4.69, 9.17) is 4.43 Å². The van der Waals surface area contributed by atoms with E-state index in [1.54, 1.807) is 22.5 Å². The van der Waals surface area contributed by atoms with Crippen molar-refractivity contribution >= 4 is 18.3 Å². The van der Waals surface area contributed by atoms with E-state index in [-0.39, 0.29) is 17.2 Å². The zero-order chi connectivity index (χ0) is 22.4. The molecule has 1 fully saturated rings. The molecule has 1 aromatic rings. The molecule has 0 spiro atoms. The van der Waals surface area contributed by atoms with Crippen LogP contribution in [0.15, 0.2) is 53.5 Å². The maximum absolute atomic E-state index is 13.4. The molecule has 2 atom stereocenters. The van der Waals surface area contributed by atoms with Gasteiger partial charge in [0.2, 0.25) is 10.0 Å². The zero-order valence-electron chi connectivity index (χ0n) is 19.4. The maximum Gasteiger partial charge on any atom is 0.243 e. The van der Waals surface area contributed by atoms with Gasteiger partial charge in [0.15, 0.2) is 8.32 Å². The van der Waals surface area contributed by atoms with Crippen LogP contribution in [0, 0.1) is 12.8 Å². The lowest BCUT2D eigenvalue weighted by atomic mass is 9.72. The Kier molecular flexibility index (Phi) is 6.29. The predicted octanol–water partition coefficient (Wildman–Crippen LogP) is 5.67. The van der Waals surface area contributed by atoms with Gasteiger partial charge in [-0.3, -0.25) is 0 Å². The van der Waals surface area contributed by atoms with Crippen LogP contribution in [0.4, 0.5) is 0 Å². The molecule has 166 valence electrons. The van der Waals surface area contributed by atoms with Crippen LogP contribution in [0.25, 0.3) is 0 Å². The number of rotatable bonds is 8. The highest BCUT2D eigenvalue weighted by Gasteiger charge is 2.56. The van der Waals surface area contributed by atoms with E-state index in [9.17, 15) is 8.42 Å². The SMILES string of the molecule is C=CCN(CC1=C[C@H]2CCC[C@@]12O[Si](C)(C)C(C)(C)C)S(=O)(=O)c1ccc(C)cc1. The first kappa shape index (κ1) is 23.5. The Morgan fingerprint density at radius 2 is 1.90 bits per heavy atom. The van der Waals surface area contributed by atoms with Gasteiger partial charge in [-0.1, -0.05) is 50.6 Å². The minimum atomic E-state index is -3.60. The van der Waals surface area contributed by atoms with Gasteiger partial charge in [0.05, 0.1) is 10.5 Å². The second kappa shape index (κ2) is 8.04. The minimum Gasteiger partial charge on any atom is -0.407 e. The van der Waals surface area contributed by atoms with Crippen LogP contribution in [-0.4, -0.2) is 39.7 Å². The van der Waals surface area contributed by atoms with Gasteiger partial charge >= 0.3 is 0 Å². The van der Waals surface area contributed by atoms with Crippen molar-refractivity contribution < 1.29 is 12.8 Å². The number of hydrogen-bond donors (Lipinski definition) is 0. The van der Waals surface area contributed by atoms with Crippen LogP contribution >= 0.6 is 0 Å². The molecule has 0 radical (unpaired) electrons. The largest absolute Gasteiger partial charge is 0.407 e. The number of aryl methyl sites for hydroxylation is 1. The highest BCUT2D eigenvalue weighted by Crippen LogP contribution is 2.56. The highest BCUT2D eigenvalue weighted by molar-refractivity contribution is 7.89. The molecule has 2 aliphatic rings. The molecule has 6 heteroatoms. The van der Waals surface area contributed by atoms with Gasteiger partial charge in [-0.2, -0.15) is 4.31 Å². The third kappa shape index (κ3) is 4.12. The molecule has 1 saturated carbocycles. The van der Waals surface area contributed by atoms with Crippen LogP contribution < -0.4 is 0 Å². The molecule has 3 rings (SSSR count). The van der Waals surface area contributed by atoms with Gasteiger partial charge in [0.25, 0.3) is 0 Å². The van der Waals surface area contributed by atoms with E-state index in [2.05, 4.69) is 46.5 Å². The number of hydrogen-bond acceptors (Lipinski definition) is 3. The van der Waals surface area contributed by atoms with E-state index in [0.717, 1.165) is 30.4 Å². The standard InChI is InChI=1S/C24H37NO3SSi/c1-8-16-25(29(26,27)22-13-11-19(2)12-14-22)18-21-17-20-10-9-15-24(20,21)28-30(6,7)23(3,4)5/h8,11-14,17,20H,1,9-10,15-16,18H2,2-7H3/t20-,24+/m1/s1. The lowest BCUT2D eigenvalue weighted by Crippen LogP contribution is -2.57. The fraction of sp³-hybridized carbons (Fsp3) is 0.583. The summed E-state index contributed by atoms with van der Waals surface area (Å²) in [5.74, 6) is 0.411. The van der Waals surface area contributed by atoms with Crippen molar-refractivity contribution in [2.24, 2.45) is 5.92 Å². The maximum atomic E-state index is 13.4. The number of nitrogens with zero attached hydrogens (tertiary/aromatic N) is 1. The van der Waals surface area contributed by atoms with Crippen LogP contribution in [0.5, 0.6) is 0 Å². The highest BCUT2D eigenvalue weighted by atomic mass is 32.2. The molecule has 0 N–H and O–H groups in total. The fourth-order valence-electron chi connectivity index (χ4n) is 4.34. The molecule has 0 saturated heterocycles. The molecular formula is C24H37NO3SSi. The van der Waals surface area contributed by atoms with Crippen molar-refractivity contribution in [2.75, 3.05) is 13.1 Å². The van der Waals surface area contributed by atoms with Gasteiger partial charge in [0, 0.05) is 19.0 Å². The first-order valence-electron chi connectivity index (χ1n) is 10.9. The van der Waals surface area contributed by atoms with Crippen molar-refractivity contribution in [2.45, 2.75) is 75.6 Å². The molecule has 1 aromatic carbocycles. The Labute approximate surface area is 184 Å². The number of benzene rings is 1. The van der Waals surface area contributed by atoms with E-state index >= 15 is 0 Å². The van der Waals surface area contributed by atoms with E-state index in [1.807, 2.05) is 19.1 Å². The zero-order valence-corrected chi connectivity index (χ0v) is 21.2. The summed E-state index contributed by atoms with van der Waals surface area (Å²) < 4.78 is 35.3. The van der Waals surface area contributed by atoms with Gasteiger partial charge in [-0.05, 0) is 62.0 Å². The summed E-state index contributed by atoms with van der Waals surface area (Å²) in [4.78, 5) is 0.331. The molecule has 4 nitrogen and oxygen atoms in total. The number of fused-ring (bicyclic) bond motifs is 1. The molecule has 0 bridgehead atoms. The van der Waals surface area contributed by atoms with Crippen LogP contribution in [0.1, 0.15) is 45.6 Å². The Bertz CT molecular complexity index is 928. The number of sulfonamides is 1. The van der Waals surface area contributed by atoms with Gasteiger partial charge in [-0.15, -0.1) is 6.58 Å². The van der Waals surface area contributed by atoms with Crippen LogP contribution in [-0.2, 0) is 14.4 Å². The molecule has 2 aliphatic carbocycles. The second-order valence-electron chi connectivity index (χ2n) is 10.3. The molecule has 30 heavy (non-hydrogen) atoms. The van der Waals surface area contributed by atoms with Gasteiger partial charge in [0.1, 0.15) is 0 Å². The van der Waals surface area contributed by atoms with Crippen molar-refractivity contribution in [3.05, 3.63) is 54.1 Å². The summed E-state index contributed by atoms with van der Waals surface area (Å²) in [5, 5.41) is 0.115. The molecule has 0 amide bonds. The van der Waals surface area contributed by atoms with Gasteiger partial charge in [-0.25, -0.2) is 8.42 Å². The van der Waals surface area contributed by atoms with E-state index in [0.29, 0.717) is 17.4 Å². The third-order valence-electron chi connectivity index (χ3n) is 7.19. The monoisotopic (exact) mass is 447 g/mol. The lowest BCUT2D eigenvalue weighted by Gasteiger charge is -2.52. The molecule has 0 heterocycles. The quantitative estimate of drug-likeness (QED) is 0.381. The summed E-state index contributed by atoms with van der Waals surface area (Å²) in [7, 11) is -5.59. The summed E-state index contributed by atoms with van der Waals surface area (Å²) in [6.45, 7) is 17.8. The summed E-state index contributed by atoms with van der Waals surface area (Å²) in [6.07, 6.45) is 7.18. The van der Waals surface area contributed by atoms with Crippen LogP contribution in [0.2, 0.25) is 18.1 Å². The summed E-state index contributed by atoms with van der Waals surface area (Å²) >= 11 is 0. The fourth-order valence-corrected chi connectivity index (χ4v) is 7.33. The van der Waals surface area contributed by atoms with E-state index < -0.39 is 18.3 Å². The predicted molar refractivity (Wildman–Crippen MR) is 127 cm³/mol. The Morgan fingerprint density at radius 1 is 1.27 bits per heavy atom. The van der Waals surface area contributed by atoms with Crippen molar-refractivity contribution in [3.63, 3.8) is 0 Å². The Morgan fingerprint density at radius 3 is 2.43 bits per heavy atom. The van der Waals surface area contributed by atoms with Gasteiger partial charge < -0.3 is 4.43 Å². The Hall–Kier alpha value is -1.21. The first-order valence-corrected chi connectivity index (χ1v) is 15.3. The Balaban J connectivity index is 1.89. The smallest absolute Gasteiger partial charge is 0.243 e. The lowest BCUT2D eigenvalue weighted by molar-refractivity contribution is 0.0403. The van der Waals surface area contributed by atoms with E-state index in [1.165, 1.54) is 0 Å². The molecule has 0 aliphatic heterocycles.